The molecule has 18 N–H and O–H groups in total. The van der Waals surface area contributed by atoms with Crippen LogP contribution in [0.4, 0.5) is 9.59 Å². The molecule has 2 aromatic carbocycles. The van der Waals surface area contributed by atoms with E-state index in [9.17, 15) is 73.2 Å². The number of aryl methyl sites for hydroxylation is 2. The van der Waals surface area contributed by atoms with Crippen LogP contribution >= 0.6 is 21.6 Å². The van der Waals surface area contributed by atoms with Crippen LogP contribution in [0.2, 0.25) is 0 Å². The molecule has 3 aliphatic heterocycles. The summed E-state index contributed by atoms with van der Waals surface area (Å²) in [6.45, 7) is 2.64. The number of urea groups is 2. The zero-order valence-electron chi connectivity index (χ0n) is 68.1. The van der Waals surface area contributed by atoms with E-state index in [1.807, 2.05) is 6.92 Å². The van der Waals surface area contributed by atoms with Gasteiger partial charge in [0.05, 0.1) is 60.3 Å². The molecular formula is C82H113N15O22S2. The minimum absolute atomic E-state index is 0.00727. The number of phenolic OH excluding ortho intramolecular Hbond substituents is 1. The molecule has 121 heavy (non-hydrogen) atoms. The smallest absolute Gasteiger partial charge is 0.312 e. The number of para-hydroxylation sites is 1. The lowest BCUT2D eigenvalue weighted by Crippen LogP contribution is -2.52. The molecule has 2 fully saturated rings. The lowest BCUT2D eigenvalue weighted by molar-refractivity contribution is -0.148. The molecule has 4 aromatic rings. The van der Waals surface area contributed by atoms with E-state index < -0.39 is 241 Å². The number of aromatic amines is 1. The number of nitrogens with two attached hydrogens (primary N) is 3. The number of Topliss-reactive ketones (excluding diaryl/α,β-unsaturated/α-hetero) is 7. The van der Waals surface area contributed by atoms with E-state index in [1.165, 1.54) is 35.1 Å². The van der Waals surface area contributed by atoms with E-state index in [-0.39, 0.29) is 145 Å². The summed E-state index contributed by atoms with van der Waals surface area (Å²) in [6.07, 6.45) is -4.68. The number of nitrogens with one attached hydrogen (secondary N) is 8. The number of unbranched alkanes of at least 4 members (excludes halogenated alkanes) is 2. The maximum Gasteiger partial charge on any atom is 0.312 e. The average Bonchev–Trinajstić information content (AvgIpc) is 1.67. The molecule has 7 rings (SSSR count). The highest BCUT2D eigenvalue weighted by molar-refractivity contribution is 8.76. The van der Waals surface area contributed by atoms with Gasteiger partial charge in [0.1, 0.15) is 17.6 Å². The minimum Gasteiger partial charge on any atom is -0.508 e. The van der Waals surface area contributed by atoms with Crippen LogP contribution in [-0.4, -0.2) is 225 Å². The van der Waals surface area contributed by atoms with Gasteiger partial charge in [-0.1, -0.05) is 76.9 Å². The number of rotatable bonds is 30. The first-order valence-corrected chi connectivity index (χ1v) is 43.6. The zero-order chi connectivity index (χ0) is 88.4. The fraction of sp³-hybridized carbons (Fsp3) is 0.585. The van der Waals surface area contributed by atoms with E-state index in [4.69, 9.17) is 17.2 Å². The van der Waals surface area contributed by atoms with Crippen LogP contribution in [0.1, 0.15) is 185 Å². The summed E-state index contributed by atoms with van der Waals surface area (Å²) in [6, 6.07) is 1.31. The van der Waals surface area contributed by atoms with Crippen LogP contribution in [0.5, 0.6) is 5.75 Å². The number of phenols is 1. The van der Waals surface area contributed by atoms with E-state index in [1.54, 1.807) is 30.5 Å². The Bertz CT molecular complexity index is 4350. The number of carboxylic acid groups (broad SMARTS) is 2. The summed E-state index contributed by atoms with van der Waals surface area (Å²) in [5.74, 6) is -24.3. The van der Waals surface area contributed by atoms with Crippen molar-refractivity contribution in [2.24, 2.45) is 52.7 Å². The molecule has 39 heteroatoms. The van der Waals surface area contributed by atoms with Crippen molar-refractivity contribution < 1.29 is 107 Å². The zero-order valence-corrected chi connectivity index (χ0v) is 69.7. The van der Waals surface area contributed by atoms with Gasteiger partial charge in [-0.05, 0) is 120 Å². The van der Waals surface area contributed by atoms with Gasteiger partial charge in [-0.2, -0.15) is 0 Å². The summed E-state index contributed by atoms with van der Waals surface area (Å²) in [7, 11) is 1.82. The number of hydrogen-bond donors (Lipinski definition) is 15. The molecule has 4 bridgehead atoms. The first-order chi connectivity index (χ1) is 57.7. The highest BCUT2D eigenvalue weighted by Gasteiger charge is 2.43. The molecule has 0 spiro atoms. The summed E-state index contributed by atoms with van der Waals surface area (Å²) >= 11 is 0. The van der Waals surface area contributed by atoms with Crippen LogP contribution < -0.4 is 54.4 Å². The molecule has 5 heterocycles. The molecule has 13 atom stereocenters. The van der Waals surface area contributed by atoms with Gasteiger partial charge in [0.25, 0.3) is 0 Å². The first kappa shape index (κ1) is 97.2. The maximum absolute atomic E-state index is 15.6. The first-order valence-electron chi connectivity index (χ1n) is 41.1. The average molecular weight is 1730 g/mol. The highest BCUT2D eigenvalue weighted by Crippen LogP contribution is 2.32. The van der Waals surface area contributed by atoms with E-state index in [2.05, 4.69) is 52.5 Å². The molecule has 37 nitrogen and oxygen atoms in total. The van der Waals surface area contributed by atoms with Crippen molar-refractivity contribution in [1.29, 1.82) is 0 Å². The van der Waals surface area contributed by atoms with Gasteiger partial charge in [-0.25, -0.2) is 9.59 Å². The highest BCUT2D eigenvalue weighted by atomic mass is 33.1. The monoisotopic (exact) mass is 1720 g/mol. The van der Waals surface area contributed by atoms with Crippen LogP contribution in [0.25, 0.3) is 10.9 Å². The van der Waals surface area contributed by atoms with Crippen molar-refractivity contribution in [3.05, 3.63) is 77.7 Å². The Morgan fingerprint density at radius 2 is 1.28 bits per heavy atom. The Labute approximate surface area is 707 Å². The number of benzene rings is 2. The van der Waals surface area contributed by atoms with Gasteiger partial charge >= 0.3 is 24.0 Å². The predicted molar refractivity (Wildman–Crippen MR) is 441 cm³/mol. The number of carbonyl (C=O) groups is 18. The molecule has 660 valence electrons. The number of hydrogen-bond acceptors (Lipinski definition) is 24. The number of aliphatic hydroxyl groups excluding tert-OH is 1. The molecular weight excluding hydrogens is 1610 g/mol. The lowest BCUT2D eigenvalue weighted by atomic mass is 9.88. The second-order valence-electron chi connectivity index (χ2n) is 31.4. The number of fused-ring (bicyclic) bond motifs is 12. The molecule has 0 aliphatic carbocycles. The van der Waals surface area contributed by atoms with Crippen LogP contribution in [0.3, 0.4) is 0 Å². The Morgan fingerprint density at radius 3 is 1.94 bits per heavy atom. The van der Waals surface area contributed by atoms with Crippen LogP contribution in [0.15, 0.2) is 60.9 Å². The number of carboxylic acids is 2. The number of aromatic hydroxyl groups is 1. The number of nitrogens with zero attached hydrogens (tertiary/aromatic N) is 4. The summed E-state index contributed by atoms with van der Waals surface area (Å²) in [5.41, 5.74) is 18.3. The van der Waals surface area contributed by atoms with Crippen molar-refractivity contribution in [3.8, 4) is 5.75 Å². The number of aliphatic hydroxyl groups is 1. The number of carbonyl (C=O) groups excluding carboxylic acids is 16. The molecule has 11 amide bonds. The van der Waals surface area contributed by atoms with Crippen molar-refractivity contribution in [2.45, 2.75) is 236 Å². The number of ketones is 7. The van der Waals surface area contributed by atoms with Crippen molar-refractivity contribution in [2.75, 3.05) is 31.1 Å². The minimum atomic E-state index is -1.87. The van der Waals surface area contributed by atoms with Crippen molar-refractivity contribution in [1.82, 2.24) is 62.1 Å². The predicted octanol–water partition coefficient (Wildman–Crippen LogP) is 2.97. The third-order valence-corrected chi connectivity index (χ3v) is 24.4. The largest absolute Gasteiger partial charge is 0.508 e. The van der Waals surface area contributed by atoms with Crippen LogP contribution in [0, 0.1) is 35.5 Å². The molecule has 3 aliphatic rings. The van der Waals surface area contributed by atoms with E-state index in [0.717, 1.165) is 46.3 Å². The quantitative estimate of drug-likeness (QED) is 0.0263. The molecule has 0 unspecified atom stereocenters. The van der Waals surface area contributed by atoms with Gasteiger partial charge in [0.2, 0.25) is 41.4 Å². The Balaban J connectivity index is 1.41. The Kier molecular flexibility index (Phi) is 39.4. The number of primary amides is 3. The molecule has 2 aromatic heterocycles. The van der Waals surface area contributed by atoms with Gasteiger partial charge in [-0.15, -0.1) is 5.10 Å². The number of amides is 11. The van der Waals surface area contributed by atoms with E-state index in [0.29, 0.717) is 28.5 Å². The maximum atomic E-state index is 15.6. The fourth-order valence-corrected chi connectivity index (χ4v) is 17.6. The topological polar surface area (TPSA) is 600 Å². The van der Waals surface area contributed by atoms with Crippen molar-refractivity contribution >= 4 is 138 Å². The van der Waals surface area contributed by atoms with E-state index >= 15 is 33.6 Å². The number of aliphatic carboxylic acids is 2. The molecule has 0 radical (unpaired) electrons. The Hall–Kier alpha value is -11.0. The number of H-pyrrole nitrogens is 1. The third-order valence-electron chi connectivity index (χ3n) is 21.9. The van der Waals surface area contributed by atoms with Gasteiger partial charge in [0.15, 0.2) is 34.7 Å². The Morgan fingerprint density at radius 1 is 0.645 bits per heavy atom. The SMILES string of the molecule is CCCCCC(=O)CCC(=O)N[C@H]1CSSC[C@@H]2NC(=O)[C@H](CCCNC(N)=O)CC(=O)[C@@H]3CCCN3C(=O)[C@H](CC(=O)O)CC(=O)[C@H]([C@@H](C)O)NC(=O)[C@H](CCc3cn(nn3)CCC[C@@H](C(=O)C[C@@H](Cc3ccc(O)cc3)C(=O)O)NC(=O)[C@H](CCC(N)=O)CC(=O)[C@H](Cc3c[nH]c4ccccc34)NC(=O)[C@H](CCCNC(N)=O)CC2=O)CC1=O. The molecule has 0 saturated carbocycles. The van der Waals surface area contributed by atoms with Gasteiger partial charge in [-0.3, -0.25) is 81.4 Å². The van der Waals surface area contributed by atoms with Gasteiger partial charge < -0.3 is 84.7 Å². The standard InChI is InChI=1S/C82H113N15O22S2/c1-3-4-5-14-56(99)26-28-72(108)89-62-44-120-121-45-63-68(104)35-48(12-8-29-86-81(84)118)75(111)91-61(34-54-42-88-59-16-7-6-15-58(54)59)66(102)36-51(22-27-71(83)107)77(113)90-60(65(101)40-53(80(116)117)33-47-19-24-57(100)25-20-47)17-10-31-96-43-55(94-95-96)23-21-50(37-67(62)103)78(114)93-74(46(2)98)70(106)39-52(41-73(109)110)79(115)97-32-11-18-64(97)69(105)38-49(76(112)92-63)13-9-30-87-82(85)119/h6-7,15-16,19-20,24-25,42-43,46,48-53,60-64,74,88,98,100H,3-5,8-14,17-18,21-23,26-41,44-45H2,1-2H3,(H2,83,107)(H,89,108)(H,90,113)(H,91,111)(H,92,112)(H,93,114)(H,109,110)(H,116,117)(H3,84,86,118)(H3,85,87,119)/t46-,48-,49-,50-,51-,52+,53-,60+,61+,62+,63+,64+,74+/m1/s1. The normalized spacial score (nSPS) is 23.4. The second kappa shape index (κ2) is 49.1. The van der Waals surface area contributed by atoms with Crippen molar-refractivity contribution in [3.63, 3.8) is 0 Å². The second-order valence-corrected chi connectivity index (χ2v) is 33.9. The van der Waals surface area contributed by atoms with Crippen LogP contribution in [-0.2, 0) is 103 Å². The summed E-state index contributed by atoms with van der Waals surface area (Å²) < 4.78 is 1.35. The summed E-state index contributed by atoms with van der Waals surface area (Å²) in [4.78, 5) is 260. The van der Waals surface area contributed by atoms with Gasteiger partial charge in [0, 0.05) is 155 Å². The molecule has 2 saturated heterocycles. The fourth-order valence-electron chi connectivity index (χ4n) is 15.2. The number of aromatic nitrogens is 4. The third kappa shape index (κ3) is 32.2. The lowest BCUT2D eigenvalue weighted by Gasteiger charge is -2.30. The summed E-state index contributed by atoms with van der Waals surface area (Å²) in [5, 5.41) is 69.7.